The molecule has 0 radical (unpaired) electrons. The molecule has 0 aromatic rings. The van der Waals surface area contributed by atoms with Gasteiger partial charge in [0.15, 0.2) is 6.10 Å². The van der Waals surface area contributed by atoms with Crippen molar-refractivity contribution in [3.63, 3.8) is 0 Å². The highest BCUT2D eigenvalue weighted by atomic mass is 31.2. The molecule has 2 atom stereocenters. The second kappa shape index (κ2) is 53.2. The first kappa shape index (κ1) is 69.4. The number of hydrogen-bond acceptors (Lipinski definition) is 8. The number of phosphoric acid groups is 1. The molecule has 10 heteroatoms. The highest BCUT2D eigenvalue weighted by Crippen LogP contribution is 2.38. The van der Waals surface area contributed by atoms with E-state index < -0.39 is 32.5 Å². The van der Waals surface area contributed by atoms with Crippen molar-refractivity contribution in [3.8, 4) is 0 Å². The number of unbranched alkanes of at least 4 members (excludes halogenated alkanes) is 6. The van der Waals surface area contributed by atoms with Gasteiger partial charge in [-0.15, -0.1) is 0 Å². The van der Waals surface area contributed by atoms with Gasteiger partial charge < -0.3 is 27.9 Å². The van der Waals surface area contributed by atoms with Crippen molar-refractivity contribution in [3.05, 3.63) is 170 Å². The second-order valence-corrected chi connectivity index (χ2v) is 20.2. The SMILES string of the molecule is CC/C=C\C/C=C\C/C=C\C/C=C\C/C=C\C/C=C\C/C=C\CCCCCCCC(=O)OC(COC(=O)CCC/C=C\C/C=C\C/C=C\C/C=C\C/C=C\C/C=C\C/C=C\CC)COP(=O)([O-])OCC[N+](C)(C)C. The van der Waals surface area contributed by atoms with Gasteiger partial charge in [0.25, 0.3) is 7.82 Å². The number of allylic oxidation sites excluding steroid dienone is 28. The summed E-state index contributed by atoms with van der Waals surface area (Å²) >= 11 is 0. The van der Waals surface area contributed by atoms with Crippen LogP contribution in [0.4, 0.5) is 0 Å². The van der Waals surface area contributed by atoms with Crippen LogP contribution in [0.3, 0.4) is 0 Å². The lowest BCUT2D eigenvalue weighted by Crippen LogP contribution is -2.37. The summed E-state index contributed by atoms with van der Waals surface area (Å²) in [7, 11) is 1.09. The largest absolute Gasteiger partial charge is 0.756 e. The smallest absolute Gasteiger partial charge is 0.306 e. The summed E-state index contributed by atoms with van der Waals surface area (Å²) in [5.74, 6) is -0.944. The number of ether oxygens (including phenoxy) is 2. The minimum atomic E-state index is -4.67. The summed E-state index contributed by atoms with van der Waals surface area (Å²) < 4.78 is 34.0. The first-order valence-corrected chi connectivity index (χ1v) is 29.3. The lowest BCUT2D eigenvalue weighted by Gasteiger charge is -2.28. The van der Waals surface area contributed by atoms with Gasteiger partial charge in [0.2, 0.25) is 0 Å². The number of carbonyl (C=O) groups is 2. The molecule has 0 aliphatic rings. The van der Waals surface area contributed by atoms with Gasteiger partial charge in [0, 0.05) is 12.8 Å². The van der Waals surface area contributed by atoms with E-state index in [1.807, 2.05) is 27.2 Å². The molecule has 0 aromatic heterocycles. The minimum absolute atomic E-state index is 0.0554. The van der Waals surface area contributed by atoms with E-state index in [-0.39, 0.29) is 26.1 Å². The van der Waals surface area contributed by atoms with Crippen molar-refractivity contribution < 1.29 is 42.1 Å². The lowest BCUT2D eigenvalue weighted by molar-refractivity contribution is -0.870. The van der Waals surface area contributed by atoms with Gasteiger partial charge in [0.05, 0.1) is 27.7 Å². The molecule has 0 aliphatic carbocycles. The van der Waals surface area contributed by atoms with Crippen LogP contribution >= 0.6 is 7.82 Å². The van der Waals surface area contributed by atoms with E-state index in [2.05, 4.69) is 178 Å². The Balaban J connectivity index is 4.41. The van der Waals surface area contributed by atoms with Gasteiger partial charge in [-0.25, -0.2) is 0 Å². The normalized spacial score (nSPS) is 14.6. The summed E-state index contributed by atoms with van der Waals surface area (Å²) in [6.45, 7) is 3.88. The van der Waals surface area contributed by atoms with E-state index in [9.17, 15) is 19.0 Å². The molecule has 0 aliphatic heterocycles. The maximum Gasteiger partial charge on any atom is 0.306 e. The molecule has 0 N–H and O–H groups in total. The Morgan fingerprint density at radius 2 is 0.743 bits per heavy atom. The fourth-order valence-corrected chi connectivity index (χ4v) is 7.23. The fourth-order valence-electron chi connectivity index (χ4n) is 6.50. The number of nitrogens with zero attached hydrogens (tertiary/aromatic N) is 1. The number of esters is 2. The van der Waals surface area contributed by atoms with Crippen LogP contribution in [0.15, 0.2) is 170 Å². The molecule has 0 fully saturated rings. The molecule has 9 nitrogen and oxygen atoms in total. The highest BCUT2D eigenvalue weighted by molar-refractivity contribution is 7.45. The van der Waals surface area contributed by atoms with Gasteiger partial charge >= 0.3 is 11.9 Å². The molecule has 414 valence electrons. The second-order valence-electron chi connectivity index (χ2n) is 18.8. The zero-order valence-corrected chi connectivity index (χ0v) is 47.6. The average molecular weight is 1040 g/mol. The number of phosphoric ester groups is 1. The van der Waals surface area contributed by atoms with Crippen LogP contribution in [0, 0.1) is 0 Å². The first-order valence-electron chi connectivity index (χ1n) is 27.8. The monoisotopic (exact) mass is 1040 g/mol. The fraction of sp³-hybridized carbons (Fsp3) is 0.531. The van der Waals surface area contributed by atoms with Crippen LogP contribution in [0.25, 0.3) is 0 Å². The van der Waals surface area contributed by atoms with Crippen molar-refractivity contribution in [2.45, 2.75) is 174 Å². The Labute approximate surface area is 451 Å². The predicted molar refractivity (Wildman–Crippen MR) is 313 cm³/mol. The summed E-state index contributed by atoms with van der Waals surface area (Å²) in [6.07, 6.45) is 81.1. The average Bonchev–Trinajstić information content (AvgIpc) is 3.36. The van der Waals surface area contributed by atoms with Crippen molar-refractivity contribution in [1.82, 2.24) is 0 Å². The Morgan fingerprint density at radius 1 is 0.419 bits per heavy atom. The summed E-state index contributed by atoms with van der Waals surface area (Å²) in [5, 5.41) is 0. The Bertz CT molecular complexity index is 1850. The Kier molecular flexibility index (Phi) is 49.9. The third-order valence-electron chi connectivity index (χ3n) is 10.7. The van der Waals surface area contributed by atoms with Gasteiger partial charge in [-0.3, -0.25) is 14.2 Å². The van der Waals surface area contributed by atoms with E-state index in [1.165, 1.54) is 0 Å². The standard InChI is InChI=1S/C64H100NO8P/c1-6-8-10-12-14-16-18-20-22-24-26-28-30-31-32-33-35-37-39-41-43-45-47-49-51-53-55-57-64(67)73-62(61-72-74(68,69)71-59-58-65(3,4)5)60-70-63(66)56-54-52-50-48-46-44-42-40-38-36-34-29-27-25-23-21-19-17-15-13-11-9-7-2/h8-11,14-17,20-23,26-29,31-32,35-38,41-44,48,50,62H,6-7,12-13,18-19,24-25,30,33-34,39-40,45-47,49,51-61H2,1-5H3/b10-8-,11-9-,16-14-,17-15-,22-20-,23-21-,28-26-,29-27-,32-31-,37-35-,38-36-,43-41-,44-42-,50-48-. The topological polar surface area (TPSA) is 111 Å². The zero-order chi connectivity index (χ0) is 54.2. The lowest BCUT2D eigenvalue weighted by atomic mass is 10.1. The van der Waals surface area contributed by atoms with Crippen molar-refractivity contribution >= 4 is 19.8 Å². The molecular weight excluding hydrogens is 942 g/mol. The van der Waals surface area contributed by atoms with Crippen molar-refractivity contribution in [2.24, 2.45) is 0 Å². The third-order valence-corrected chi connectivity index (χ3v) is 11.7. The molecule has 2 unspecified atom stereocenters. The van der Waals surface area contributed by atoms with E-state index in [0.717, 1.165) is 122 Å². The molecular formula is C64H100NO8P. The molecule has 0 amide bonds. The first-order chi connectivity index (χ1) is 36.0. The zero-order valence-electron chi connectivity index (χ0n) is 46.7. The predicted octanol–water partition coefficient (Wildman–Crippen LogP) is 16.8. The van der Waals surface area contributed by atoms with Gasteiger partial charge in [-0.1, -0.05) is 203 Å². The molecule has 0 rings (SSSR count). The molecule has 0 bridgehead atoms. The van der Waals surface area contributed by atoms with Gasteiger partial charge in [0.1, 0.15) is 19.8 Å². The number of quaternary nitrogens is 1. The van der Waals surface area contributed by atoms with Crippen molar-refractivity contribution in [1.29, 1.82) is 0 Å². The third kappa shape index (κ3) is 56.7. The highest BCUT2D eigenvalue weighted by Gasteiger charge is 2.21. The molecule has 0 saturated heterocycles. The maximum absolute atomic E-state index is 12.8. The maximum atomic E-state index is 12.8. The number of likely N-dealkylation sites (N-methyl/N-ethyl adjacent to an activating group) is 1. The van der Waals surface area contributed by atoms with E-state index in [1.54, 1.807) is 0 Å². The molecule has 0 heterocycles. The molecule has 0 aromatic carbocycles. The van der Waals surface area contributed by atoms with Crippen LogP contribution < -0.4 is 4.89 Å². The summed E-state index contributed by atoms with van der Waals surface area (Å²) in [6, 6.07) is 0. The van der Waals surface area contributed by atoms with Crippen LogP contribution in [-0.2, 0) is 32.7 Å². The Hall–Kier alpha value is -4.63. The van der Waals surface area contributed by atoms with Crippen molar-refractivity contribution in [2.75, 3.05) is 47.5 Å². The van der Waals surface area contributed by atoms with Gasteiger partial charge in [-0.2, -0.15) is 0 Å². The Morgan fingerprint density at radius 3 is 1.12 bits per heavy atom. The van der Waals surface area contributed by atoms with Gasteiger partial charge in [-0.05, 0) is 122 Å². The number of carbonyl (C=O) groups excluding carboxylic acids is 2. The van der Waals surface area contributed by atoms with Crippen LogP contribution in [-0.4, -0.2) is 70.0 Å². The number of hydrogen-bond donors (Lipinski definition) is 0. The van der Waals surface area contributed by atoms with Crippen LogP contribution in [0.5, 0.6) is 0 Å². The van der Waals surface area contributed by atoms with E-state index >= 15 is 0 Å². The minimum Gasteiger partial charge on any atom is -0.756 e. The summed E-state index contributed by atoms with van der Waals surface area (Å²) in [4.78, 5) is 37.8. The van der Waals surface area contributed by atoms with Crippen LogP contribution in [0.1, 0.15) is 168 Å². The van der Waals surface area contributed by atoms with E-state index in [4.69, 9.17) is 18.5 Å². The number of rotatable bonds is 48. The van der Waals surface area contributed by atoms with Crippen LogP contribution in [0.2, 0.25) is 0 Å². The van der Waals surface area contributed by atoms with E-state index in [0.29, 0.717) is 30.3 Å². The molecule has 0 saturated carbocycles. The molecule has 0 spiro atoms. The quantitative estimate of drug-likeness (QED) is 0.0195. The summed E-state index contributed by atoms with van der Waals surface area (Å²) in [5.41, 5.74) is 0. The molecule has 74 heavy (non-hydrogen) atoms.